The molecule has 0 aliphatic carbocycles. The van der Waals surface area contributed by atoms with Crippen LogP contribution < -0.4 is 5.32 Å². The topological polar surface area (TPSA) is 45.1 Å². The van der Waals surface area contributed by atoms with Crippen LogP contribution in [0.25, 0.3) is 11.3 Å². The lowest BCUT2D eigenvalue weighted by Gasteiger charge is -2.13. The highest BCUT2D eigenvalue weighted by molar-refractivity contribution is 6.30. The molecule has 0 amide bonds. The van der Waals surface area contributed by atoms with Crippen molar-refractivity contribution < 1.29 is 18.3 Å². The van der Waals surface area contributed by atoms with E-state index in [1.807, 2.05) is 12.1 Å². The number of halogens is 4. The highest BCUT2D eigenvalue weighted by Crippen LogP contribution is 2.33. The molecule has 0 saturated heterocycles. The summed E-state index contributed by atoms with van der Waals surface area (Å²) in [5.74, 6) is 0. The molecule has 27 heavy (non-hydrogen) atoms. The lowest BCUT2D eigenvalue weighted by atomic mass is 10.1. The Morgan fingerprint density at radius 3 is 2.33 bits per heavy atom. The van der Waals surface area contributed by atoms with Crippen molar-refractivity contribution in [3.63, 3.8) is 0 Å². The molecule has 0 aliphatic rings. The average molecular weight is 393 g/mol. The number of hydrogen-bond acceptors (Lipinski definition) is 3. The molecule has 0 fully saturated rings. The van der Waals surface area contributed by atoms with E-state index < -0.39 is 11.9 Å². The Morgan fingerprint density at radius 2 is 1.70 bits per heavy atom. The Bertz CT molecular complexity index is 927. The number of nitrogens with zero attached hydrogens (tertiary/aromatic N) is 1. The quantitative estimate of drug-likeness (QED) is 0.585. The fourth-order valence-corrected chi connectivity index (χ4v) is 2.78. The summed E-state index contributed by atoms with van der Waals surface area (Å²) in [5.41, 5.74) is 1.52. The van der Waals surface area contributed by atoms with E-state index in [1.165, 1.54) is 0 Å². The van der Waals surface area contributed by atoms with E-state index in [9.17, 15) is 13.2 Å². The molecule has 1 heterocycles. The van der Waals surface area contributed by atoms with Crippen molar-refractivity contribution in [1.82, 2.24) is 4.98 Å². The number of pyridine rings is 1. The molecule has 0 radical (unpaired) electrons. The summed E-state index contributed by atoms with van der Waals surface area (Å²) in [4.78, 5) is 3.74. The standard InChI is InChI=1S/C20H16ClF3N2O/c21-15-3-1-2-14(10-15)18-11-17(12-19(26-18)20(22,23)24)25-16-6-4-13(5-7-16)8-9-27/h1-7,10-12,27H,8-9H2,(H,25,26). The lowest BCUT2D eigenvalue weighted by Crippen LogP contribution is -2.09. The molecular weight excluding hydrogens is 377 g/mol. The van der Waals surface area contributed by atoms with Crippen molar-refractivity contribution in [2.75, 3.05) is 11.9 Å². The van der Waals surface area contributed by atoms with Gasteiger partial charge in [-0.15, -0.1) is 0 Å². The summed E-state index contributed by atoms with van der Waals surface area (Å²) >= 11 is 5.95. The third-order valence-corrected chi connectivity index (χ3v) is 4.11. The van der Waals surface area contributed by atoms with Crippen molar-refractivity contribution in [2.45, 2.75) is 12.6 Å². The second-order valence-electron chi connectivity index (χ2n) is 5.93. The molecule has 7 heteroatoms. The Balaban J connectivity index is 1.97. The van der Waals surface area contributed by atoms with Crippen molar-refractivity contribution in [3.05, 3.63) is 76.9 Å². The summed E-state index contributed by atoms with van der Waals surface area (Å²) in [6.07, 6.45) is -4.05. The zero-order chi connectivity index (χ0) is 19.4. The zero-order valence-electron chi connectivity index (χ0n) is 14.1. The van der Waals surface area contributed by atoms with E-state index in [0.29, 0.717) is 22.7 Å². The normalized spacial score (nSPS) is 11.4. The van der Waals surface area contributed by atoms with Crippen molar-refractivity contribution in [1.29, 1.82) is 0 Å². The first-order valence-corrected chi connectivity index (χ1v) is 8.55. The van der Waals surface area contributed by atoms with Gasteiger partial charge in [-0.05, 0) is 48.4 Å². The van der Waals surface area contributed by atoms with Crippen LogP contribution in [0.5, 0.6) is 0 Å². The van der Waals surface area contributed by atoms with Crippen LogP contribution in [0.4, 0.5) is 24.5 Å². The molecule has 3 rings (SSSR count). The summed E-state index contributed by atoms with van der Waals surface area (Å²) < 4.78 is 39.8. The molecule has 0 unspecified atom stereocenters. The van der Waals surface area contributed by atoms with E-state index in [4.69, 9.17) is 16.7 Å². The Labute approximate surface area is 159 Å². The van der Waals surface area contributed by atoms with E-state index in [2.05, 4.69) is 10.3 Å². The van der Waals surface area contributed by atoms with Gasteiger partial charge in [-0.25, -0.2) is 4.98 Å². The number of nitrogens with one attached hydrogen (secondary N) is 1. The van der Waals surface area contributed by atoms with Crippen LogP contribution in [-0.4, -0.2) is 16.7 Å². The van der Waals surface area contributed by atoms with Gasteiger partial charge >= 0.3 is 6.18 Å². The first-order chi connectivity index (χ1) is 12.8. The van der Waals surface area contributed by atoms with Gasteiger partial charge in [-0.2, -0.15) is 13.2 Å². The van der Waals surface area contributed by atoms with Gasteiger partial charge < -0.3 is 10.4 Å². The first kappa shape index (κ1) is 19.2. The fourth-order valence-electron chi connectivity index (χ4n) is 2.59. The number of rotatable bonds is 5. The number of hydrogen-bond donors (Lipinski definition) is 2. The van der Waals surface area contributed by atoms with E-state index in [1.54, 1.807) is 42.5 Å². The molecule has 3 aromatic rings. The van der Waals surface area contributed by atoms with Crippen LogP contribution in [0.1, 0.15) is 11.3 Å². The number of aromatic nitrogens is 1. The van der Waals surface area contributed by atoms with Gasteiger partial charge in [-0.1, -0.05) is 35.9 Å². The van der Waals surface area contributed by atoms with Gasteiger partial charge in [0.15, 0.2) is 0 Å². The Morgan fingerprint density at radius 1 is 0.963 bits per heavy atom. The highest BCUT2D eigenvalue weighted by atomic mass is 35.5. The van der Waals surface area contributed by atoms with Crippen molar-refractivity contribution >= 4 is 23.0 Å². The zero-order valence-corrected chi connectivity index (χ0v) is 14.8. The second kappa shape index (κ2) is 7.98. The van der Waals surface area contributed by atoms with Crippen LogP contribution >= 0.6 is 11.6 Å². The number of benzene rings is 2. The van der Waals surface area contributed by atoms with Crippen molar-refractivity contribution in [2.24, 2.45) is 0 Å². The Kier molecular flexibility index (Phi) is 5.68. The monoisotopic (exact) mass is 392 g/mol. The maximum Gasteiger partial charge on any atom is 0.433 e. The average Bonchev–Trinajstić information content (AvgIpc) is 2.63. The highest BCUT2D eigenvalue weighted by Gasteiger charge is 2.33. The summed E-state index contributed by atoms with van der Waals surface area (Å²) in [7, 11) is 0. The number of aliphatic hydroxyl groups excluding tert-OH is 1. The van der Waals surface area contributed by atoms with Crippen molar-refractivity contribution in [3.8, 4) is 11.3 Å². The fraction of sp³-hybridized carbons (Fsp3) is 0.150. The maximum absolute atomic E-state index is 13.3. The minimum Gasteiger partial charge on any atom is -0.396 e. The minimum atomic E-state index is -4.57. The van der Waals surface area contributed by atoms with Gasteiger partial charge in [0.2, 0.25) is 0 Å². The number of alkyl halides is 3. The summed E-state index contributed by atoms with van der Waals surface area (Å²) in [5, 5.41) is 12.3. The van der Waals surface area contributed by atoms with Gasteiger partial charge in [0.25, 0.3) is 0 Å². The minimum absolute atomic E-state index is 0.0368. The third-order valence-electron chi connectivity index (χ3n) is 3.88. The molecule has 0 aliphatic heterocycles. The molecule has 3 nitrogen and oxygen atoms in total. The van der Waals surface area contributed by atoms with Crippen LogP contribution in [-0.2, 0) is 12.6 Å². The van der Waals surface area contributed by atoms with Gasteiger partial charge in [0, 0.05) is 28.6 Å². The maximum atomic E-state index is 13.3. The third kappa shape index (κ3) is 4.99. The molecule has 140 valence electrons. The van der Waals surface area contributed by atoms with Gasteiger partial charge in [0.05, 0.1) is 5.69 Å². The van der Waals surface area contributed by atoms with Crippen LogP contribution in [0.2, 0.25) is 5.02 Å². The number of aliphatic hydroxyl groups is 1. The molecular formula is C20H16ClF3N2O. The van der Waals surface area contributed by atoms with E-state index in [0.717, 1.165) is 11.6 Å². The lowest BCUT2D eigenvalue weighted by molar-refractivity contribution is -0.141. The van der Waals surface area contributed by atoms with Gasteiger partial charge in [0.1, 0.15) is 5.69 Å². The molecule has 0 spiro atoms. The molecule has 1 aromatic heterocycles. The number of anilines is 2. The van der Waals surface area contributed by atoms with E-state index >= 15 is 0 Å². The first-order valence-electron chi connectivity index (χ1n) is 8.17. The summed E-state index contributed by atoms with van der Waals surface area (Å²) in [6.45, 7) is 0.0368. The largest absolute Gasteiger partial charge is 0.433 e. The smallest absolute Gasteiger partial charge is 0.396 e. The molecule has 2 aromatic carbocycles. The second-order valence-corrected chi connectivity index (χ2v) is 6.37. The van der Waals surface area contributed by atoms with Crippen LogP contribution in [0, 0.1) is 0 Å². The molecule has 0 bridgehead atoms. The van der Waals surface area contributed by atoms with Crippen LogP contribution in [0.3, 0.4) is 0 Å². The predicted molar refractivity (Wildman–Crippen MR) is 100 cm³/mol. The molecule has 0 saturated carbocycles. The molecule has 0 atom stereocenters. The SMILES string of the molecule is OCCc1ccc(Nc2cc(-c3cccc(Cl)c3)nc(C(F)(F)F)c2)cc1. The van der Waals surface area contributed by atoms with Gasteiger partial charge in [-0.3, -0.25) is 0 Å². The van der Waals surface area contributed by atoms with Crippen LogP contribution in [0.15, 0.2) is 60.7 Å². The molecule has 2 N–H and O–H groups in total. The summed E-state index contributed by atoms with van der Waals surface area (Å²) in [6, 6.07) is 16.1. The predicted octanol–water partition coefficient (Wildman–Crippen LogP) is 5.70. The Hall–Kier alpha value is -2.57. The van der Waals surface area contributed by atoms with E-state index in [-0.39, 0.29) is 18.0 Å².